The van der Waals surface area contributed by atoms with Crippen molar-refractivity contribution in [1.29, 1.82) is 0 Å². The van der Waals surface area contributed by atoms with Gasteiger partial charge in [-0.2, -0.15) is 0 Å². The van der Waals surface area contributed by atoms with Crippen LogP contribution in [0.25, 0.3) is 10.4 Å². The number of hydrogen-bond acceptors (Lipinski definition) is 3. The van der Waals surface area contributed by atoms with Gasteiger partial charge < -0.3 is 9.47 Å². The number of benzene rings is 2. The van der Waals surface area contributed by atoms with E-state index in [1.54, 1.807) is 0 Å². The first kappa shape index (κ1) is 18.7. The Morgan fingerprint density at radius 2 is 1.88 bits per heavy atom. The largest absolute Gasteiger partial charge is 0.493 e. The molecule has 0 aliphatic rings. The molecule has 0 aliphatic carbocycles. The summed E-state index contributed by atoms with van der Waals surface area (Å²) in [5, 5.41) is 3.53. The highest BCUT2D eigenvalue weighted by Crippen LogP contribution is 2.30. The van der Waals surface area contributed by atoms with Crippen LogP contribution in [0, 0.1) is 6.92 Å². The number of rotatable bonds is 10. The number of unbranched alkanes of at least 4 members (excludes halogenated alkanes) is 1. The van der Waals surface area contributed by atoms with Crippen LogP contribution in [0.4, 0.5) is 0 Å². The molecule has 2 aromatic carbocycles. The van der Waals surface area contributed by atoms with Gasteiger partial charge in [-0.05, 0) is 60.5 Å². The predicted molar refractivity (Wildman–Crippen MR) is 100 cm³/mol. The van der Waals surface area contributed by atoms with Crippen LogP contribution in [0.3, 0.4) is 0 Å². The van der Waals surface area contributed by atoms with Gasteiger partial charge in [0.05, 0.1) is 6.61 Å². The summed E-state index contributed by atoms with van der Waals surface area (Å²) in [5.41, 5.74) is 11.6. The van der Waals surface area contributed by atoms with Crippen molar-refractivity contribution in [3.05, 3.63) is 69.6 Å². The second-order valence-electron chi connectivity index (χ2n) is 5.87. The smallest absolute Gasteiger partial charge is 0.125 e. The maximum absolute atomic E-state index is 8.26. The third-order valence-corrected chi connectivity index (χ3v) is 3.92. The second-order valence-corrected chi connectivity index (χ2v) is 5.87. The normalized spacial score (nSPS) is 10.2. The first-order chi connectivity index (χ1) is 12.2. The SMILES string of the molecule is CCc1cc(OCc2ccccc2)cc(C)c1OCCCCN=[N+]=[N-]. The molecule has 5 heteroatoms. The molecule has 0 spiro atoms. The standard InChI is InChI=1S/C20H25N3O2/c1-3-18-14-19(25-15-17-9-5-4-6-10-17)13-16(2)20(18)24-12-8-7-11-22-23-21/h4-6,9-10,13-14H,3,7-8,11-12,15H2,1-2H3. The summed E-state index contributed by atoms with van der Waals surface area (Å²) in [6, 6.07) is 14.2. The van der Waals surface area contributed by atoms with E-state index in [1.165, 1.54) is 0 Å². The summed E-state index contributed by atoms with van der Waals surface area (Å²) in [4.78, 5) is 2.75. The molecule has 0 aliphatic heterocycles. The minimum atomic E-state index is 0.520. The number of aryl methyl sites for hydroxylation is 2. The van der Waals surface area contributed by atoms with Crippen molar-refractivity contribution < 1.29 is 9.47 Å². The third kappa shape index (κ3) is 6.05. The van der Waals surface area contributed by atoms with E-state index >= 15 is 0 Å². The quantitative estimate of drug-likeness (QED) is 0.244. The van der Waals surface area contributed by atoms with Gasteiger partial charge in [-0.25, -0.2) is 0 Å². The molecule has 0 radical (unpaired) electrons. The Labute approximate surface area is 149 Å². The van der Waals surface area contributed by atoms with E-state index in [0.29, 0.717) is 19.8 Å². The van der Waals surface area contributed by atoms with Crippen LogP contribution in [0.5, 0.6) is 11.5 Å². The van der Waals surface area contributed by atoms with Gasteiger partial charge in [0.2, 0.25) is 0 Å². The zero-order valence-electron chi connectivity index (χ0n) is 14.9. The van der Waals surface area contributed by atoms with E-state index in [2.05, 4.69) is 35.1 Å². The molecule has 0 heterocycles. The fourth-order valence-corrected chi connectivity index (χ4v) is 2.61. The summed E-state index contributed by atoms with van der Waals surface area (Å²) in [6.07, 6.45) is 2.59. The Balaban J connectivity index is 1.95. The average molecular weight is 339 g/mol. The van der Waals surface area contributed by atoms with Crippen molar-refractivity contribution in [3.8, 4) is 11.5 Å². The van der Waals surface area contributed by atoms with Gasteiger partial charge in [0.1, 0.15) is 18.1 Å². The number of azide groups is 1. The Morgan fingerprint density at radius 1 is 1.08 bits per heavy atom. The van der Waals surface area contributed by atoms with Crippen molar-refractivity contribution in [1.82, 2.24) is 0 Å². The van der Waals surface area contributed by atoms with Gasteiger partial charge >= 0.3 is 0 Å². The lowest BCUT2D eigenvalue weighted by Crippen LogP contribution is -2.04. The van der Waals surface area contributed by atoms with Crippen LogP contribution >= 0.6 is 0 Å². The molecule has 0 saturated heterocycles. The van der Waals surface area contributed by atoms with E-state index in [-0.39, 0.29) is 0 Å². The fourth-order valence-electron chi connectivity index (χ4n) is 2.61. The first-order valence-corrected chi connectivity index (χ1v) is 8.68. The lowest BCUT2D eigenvalue weighted by molar-refractivity contribution is 0.294. The van der Waals surface area contributed by atoms with E-state index < -0.39 is 0 Å². The third-order valence-electron chi connectivity index (χ3n) is 3.92. The van der Waals surface area contributed by atoms with Crippen molar-refractivity contribution in [2.24, 2.45) is 5.11 Å². The highest BCUT2D eigenvalue weighted by atomic mass is 16.5. The lowest BCUT2D eigenvalue weighted by Gasteiger charge is -2.16. The zero-order chi connectivity index (χ0) is 17.9. The minimum absolute atomic E-state index is 0.520. The van der Waals surface area contributed by atoms with Gasteiger partial charge in [-0.1, -0.05) is 42.4 Å². The molecule has 0 amide bonds. The van der Waals surface area contributed by atoms with Crippen LogP contribution in [0.1, 0.15) is 36.5 Å². The average Bonchev–Trinajstić information content (AvgIpc) is 2.64. The number of hydrogen-bond donors (Lipinski definition) is 0. The topological polar surface area (TPSA) is 67.2 Å². The van der Waals surface area contributed by atoms with E-state index in [1.807, 2.05) is 31.2 Å². The molecule has 0 atom stereocenters. The van der Waals surface area contributed by atoms with E-state index in [0.717, 1.165) is 47.5 Å². The summed E-state index contributed by atoms with van der Waals surface area (Å²) < 4.78 is 11.9. The second kappa shape index (κ2) is 10.3. The Morgan fingerprint density at radius 3 is 2.60 bits per heavy atom. The molecular formula is C20H25N3O2. The molecule has 0 fully saturated rings. The van der Waals surface area contributed by atoms with Crippen LogP contribution in [0.2, 0.25) is 0 Å². The summed E-state index contributed by atoms with van der Waals surface area (Å²) >= 11 is 0. The van der Waals surface area contributed by atoms with Crippen molar-refractivity contribution in [3.63, 3.8) is 0 Å². The van der Waals surface area contributed by atoms with Crippen molar-refractivity contribution >= 4 is 0 Å². The van der Waals surface area contributed by atoms with Gasteiger partial charge in [-0.15, -0.1) is 0 Å². The van der Waals surface area contributed by atoms with Crippen molar-refractivity contribution in [2.45, 2.75) is 39.7 Å². The molecule has 0 unspecified atom stereocenters. The molecule has 0 bridgehead atoms. The molecule has 2 aromatic rings. The molecule has 132 valence electrons. The summed E-state index contributed by atoms with van der Waals surface area (Å²) in [5.74, 6) is 1.81. The molecule has 0 aromatic heterocycles. The van der Waals surface area contributed by atoms with Crippen LogP contribution in [-0.2, 0) is 13.0 Å². The Kier molecular flexibility index (Phi) is 7.67. The molecule has 0 N–H and O–H groups in total. The first-order valence-electron chi connectivity index (χ1n) is 8.68. The maximum atomic E-state index is 8.26. The van der Waals surface area contributed by atoms with Gasteiger partial charge in [0, 0.05) is 11.5 Å². The van der Waals surface area contributed by atoms with Crippen LogP contribution in [0.15, 0.2) is 47.6 Å². The summed E-state index contributed by atoms with van der Waals surface area (Å²) in [7, 11) is 0. The van der Waals surface area contributed by atoms with Crippen LogP contribution in [-0.4, -0.2) is 13.2 Å². The van der Waals surface area contributed by atoms with Crippen LogP contribution < -0.4 is 9.47 Å². The molecule has 5 nitrogen and oxygen atoms in total. The Bertz CT molecular complexity index is 710. The Hall–Kier alpha value is -2.65. The predicted octanol–water partition coefficient (Wildman–Crippen LogP) is 5.61. The molecule has 25 heavy (non-hydrogen) atoms. The molecule has 2 rings (SSSR count). The minimum Gasteiger partial charge on any atom is -0.493 e. The van der Waals surface area contributed by atoms with Gasteiger partial charge in [-0.3, -0.25) is 0 Å². The molecular weight excluding hydrogens is 314 g/mol. The monoisotopic (exact) mass is 339 g/mol. The number of ether oxygens (including phenoxy) is 2. The molecule has 0 saturated carbocycles. The van der Waals surface area contributed by atoms with Gasteiger partial charge in [0.15, 0.2) is 0 Å². The zero-order valence-corrected chi connectivity index (χ0v) is 14.9. The fraction of sp³-hybridized carbons (Fsp3) is 0.400. The van der Waals surface area contributed by atoms with E-state index in [4.69, 9.17) is 15.0 Å². The van der Waals surface area contributed by atoms with Gasteiger partial charge in [0.25, 0.3) is 0 Å². The highest BCUT2D eigenvalue weighted by Gasteiger charge is 2.09. The van der Waals surface area contributed by atoms with Crippen molar-refractivity contribution in [2.75, 3.05) is 13.2 Å². The highest BCUT2D eigenvalue weighted by molar-refractivity contribution is 5.46. The maximum Gasteiger partial charge on any atom is 0.125 e. The lowest BCUT2D eigenvalue weighted by atomic mass is 10.1. The van der Waals surface area contributed by atoms with E-state index in [9.17, 15) is 0 Å². The number of nitrogens with zero attached hydrogens (tertiary/aromatic N) is 3. The summed E-state index contributed by atoms with van der Waals surface area (Å²) in [6.45, 7) is 5.86.